The Balaban J connectivity index is 2.24. The molecular formula is C18H31NO5S. The minimum Gasteiger partial charge on any atom is -0.463 e. The van der Waals surface area contributed by atoms with Crippen LogP contribution in [0.3, 0.4) is 0 Å². The number of aliphatic hydroxyl groups is 2. The van der Waals surface area contributed by atoms with Gasteiger partial charge in [0.15, 0.2) is 0 Å². The van der Waals surface area contributed by atoms with Crippen molar-refractivity contribution in [3.63, 3.8) is 0 Å². The number of rotatable bonds is 3. The van der Waals surface area contributed by atoms with E-state index in [4.69, 9.17) is 10.5 Å². The third-order valence-electron chi connectivity index (χ3n) is 5.18. The highest BCUT2D eigenvalue weighted by atomic mass is 32.2. The van der Waals surface area contributed by atoms with Gasteiger partial charge in [-0.3, -0.25) is 9.00 Å². The zero-order valence-electron chi connectivity index (χ0n) is 14.9. The van der Waals surface area contributed by atoms with Crippen molar-refractivity contribution >= 4 is 16.8 Å². The van der Waals surface area contributed by atoms with Crippen molar-refractivity contribution in [2.45, 2.75) is 69.0 Å². The molecule has 2 aliphatic rings. The molecule has 25 heavy (non-hydrogen) atoms. The van der Waals surface area contributed by atoms with E-state index in [1.54, 1.807) is 0 Å². The van der Waals surface area contributed by atoms with Gasteiger partial charge in [-0.1, -0.05) is 12.2 Å². The fraction of sp³-hybridized carbons (Fsp3) is 0.833. The highest BCUT2D eigenvalue weighted by Crippen LogP contribution is 2.38. The number of aliphatic hydroxyl groups excluding tert-OH is 2. The van der Waals surface area contributed by atoms with Crippen molar-refractivity contribution in [3.05, 3.63) is 12.2 Å². The zero-order valence-corrected chi connectivity index (χ0v) is 15.7. The van der Waals surface area contributed by atoms with Crippen molar-refractivity contribution in [2.75, 3.05) is 12.3 Å². The highest BCUT2D eigenvalue weighted by Gasteiger charge is 2.42. The largest absolute Gasteiger partial charge is 0.463 e. The number of hydrogen-bond acceptors (Lipinski definition) is 6. The number of carbonyl (C=O) groups excluding carboxylic acids is 1. The van der Waals surface area contributed by atoms with Crippen LogP contribution >= 0.6 is 0 Å². The van der Waals surface area contributed by atoms with Gasteiger partial charge in [0.25, 0.3) is 0 Å². The van der Waals surface area contributed by atoms with E-state index in [0.717, 1.165) is 19.3 Å². The van der Waals surface area contributed by atoms with Crippen molar-refractivity contribution < 1.29 is 24.0 Å². The average Bonchev–Trinajstić information content (AvgIpc) is 2.92. The Hall–Kier alpha value is -0.760. The predicted molar refractivity (Wildman–Crippen MR) is 97.2 cm³/mol. The molecule has 2 rings (SSSR count). The Bertz CT molecular complexity index is 498. The Morgan fingerprint density at radius 1 is 1.36 bits per heavy atom. The molecule has 0 aromatic rings. The maximum Gasteiger partial charge on any atom is 0.307 e. The maximum absolute atomic E-state index is 12.6. The van der Waals surface area contributed by atoms with Crippen molar-refractivity contribution in [3.8, 4) is 0 Å². The Labute approximate surface area is 152 Å². The summed E-state index contributed by atoms with van der Waals surface area (Å²) in [5, 5.41) is 20.2. The fourth-order valence-electron chi connectivity index (χ4n) is 3.89. The second-order valence-corrected chi connectivity index (χ2v) is 8.99. The number of ether oxygens (including phenoxy) is 1. The molecule has 144 valence electrons. The van der Waals surface area contributed by atoms with E-state index < -0.39 is 34.2 Å². The van der Waals surface area contributed by atoms with Gasteiger partial charge in [0.05, 0.1) is 30.0 Å². The zero-order chi connectivity index (χ0) is 18.4. The molecule has 1 heterocycles. The lowest BCUT2D eigenvalue weighted by Gasteiger charge is -2.29. The first-order chi connectivity index (χ1) is 11.9. The molecule has 1 unspecified atom stereocenters. The third kappa shape index (κ3) is 5.88. The minimum atomic E-state index is -1.42. The SMILES string of the molecule is C[C@H]1CCC/C=C/[C@@H]2C[C@H](O)C[C@H]2[C@H](O)[C@@H](S(=O)CCN)CC(=O)O1. The summed E-state index contributed by atoms with van der Waals surface area (Å²) >= 11 is 0. The quantitative estimate of drug-likeness (QED) is 0.500. The number of hydrogen-bond donors (Lipinski definition) is 3. The van der Waals surface area contributed by atoms with E-state index >= 15 is 0 Å². The Morgan fingerprint density at radius 3 is 2.84 bits per heavy atom. The van der Waals surface area contributed by atoms with Crippen LogP contribution in [0.1, 0.15) is 45.4 Å². The lowest BCUT2D eigenvalue weighted by atomic mass is 9.87. The summed E-state index contributed by atoms with van der Waals surface area (Å²) in [5.74, 6) is -0.356. The molecule has 6 nitrogen and oxygen atoms in total. The molecule has 1 saturated carbocycles. The molecule has 7 heteroatoms. The van der Waals surface area contributed by atoms with E-state index in [2.05, 4.69) is 12.2 Å². The number of nitrogens with two attached hydrogens (primary N) is 1. The van der Waals surface area contributed by atoms with Crippen LogP contribution < -0.4 is 5.73 Å². The molecule has 1 fully saturated rings. The molecule has 0 amide bonds. The second-order valence-electron chi connectivity index (χ2n) is 7.22. The number of esters is 1. The second kappa shape index (κ2) is 9.80. The molecule has 0 bridgehead atoms. The summed E-state index contributed by atoms with van der Waals surface area (Å²) in [7, 11) is -1.42. The van der Waals surface area contributed by atoms with Gasteiger partial charge in [-0.2, -0.15) is 0 Å². The van der Waals surface area contributed by atoms with Crippen LogP contribution in [0.15, 0.2) is 12.2 Å². The number of allylic oxidation sites excluding steroid dienone is 2. The summed E-state index contributed by atoms with van der Waals surface area (Å²) in [5.41, 5.74) is 5.52. The molecule has 1 aliphatic heterocycles. The standard InChI is InChI=1S/C18H31NO5S/c1-12-5-3-2-4-6-13-9-14(20)10-15(13)18(22)16(11-17(21)24-12)25(23)8-7-19/h4,6,12-16,18,20,22H,2-3,5,7-11,19H2,1H3/b6-4+/t12-,13+,14-,15+,16-,18-,25?/m0/s1. The summed E-state index contributed by atoms with van der Waals surface area (Å²) in [4.78, 5) is 12.3. The molecule has 0 aromatic heterocycles. The van der Waals surface area contributed by atoms with Crippen LogP contribution in [-0.4, -0.2) is 56.3 Å². The van der Waals surface area contributed by atoms with Crippen molar-refractivity contribution in [1.29, 1.82) is 0 Å². The smallest absolute Gasteiger partial charge is 0.307 e. The van der Waals surface area contributed by atoms with E-state index in [-0.39, 0.29) is 36.7 Å². The van der Waals surface area contributed by atoms with E-state index in [9.17, 15) is 19.2 Å². The van der Waals surface area contributed by atoms with Crippen molar-refractivity contribution in [1.82, 2.24) is 0 Å². The topological polar surface area (TPSA) is 110 Å². The van der Waals surface area contributed by atoms with Gasteiger partial charge in [0, 0.05) is 23.1 Å². The van der Waals surface area contributed by atoms with Gasteiger partial charge in [-0.25, -0.2) is 0 Å². The number of fused-ring (bicyclic) bond motifs is 1. The van der Waals surface area contributed by atoms with Gasteiger partial charge in [-0.05, 0) is 50.9 Å². The summed E-state index contributed by atoms with van der Waals surface area (Å²) in [6.07, 6.45) is 6.08. The first-order valence-corrected chi connectivity index (χ1v) is 10.6. The number of carbonyl (C=O) groups is 1. The van der Waals surface area contributed by atoms with Gasteiger partial charge >= 0.3 is 5.97 Å². The van der Waals surface area contributed by atoms with E-state index in [1.807, 2.05) is 6.92 Å². The van der Waals surface area contributed by atoms with Gasteiger partial charge in [0.1, 0.15) is 0 Å². The average molecular weight is 374 g/mol. The van der Waals surface area contributed by atoms with Crippen LogP contribution in [0.25, 0.3) is 0 Å². The number of cyclic esters (lactones) is 1. The molecule has 1 aliphatic carbocycles. The summed E-state index contributed by atoms with van der Waals surface area (Å²) in [6.45, 7) is 2.09. The summed E-state index contributed by atoms with van der Waals surface area (Å²) in [6, 6.07) is 0. The summed E-state index contributed by atoms with van der Waals surface area (Å²) < 4.78 is 18.0. The molecular weight excluding hydrogens is 342 g/mol. The monoisotopic (exact) mass is 373 g/mol. The van der Waals surface area contributed by atoms with Crippen LogP contribution in [0, 0.1) is 11.8 Å². The molecule has 0 spiro atoms. The minimum absolute atomic E-state index is 0.0385. The van der Waals surface area contributed by atoms with E-state index in [1.165, 1.54) is 0 Å². The maximum atomic E-state index is 12.6. The Kier molecular flexibility index (Phi) is 8.06. The van der Waals surface area contributed by atoms with E-state index in [0.29, 0.717) is 12.8 Å². The highest BCUT2D eigenvalue weighted by molar-refractivity contribution is 7.85. The van der Waals surface area contributed by atoms with Gasteiger partial charge in [-0.15, -0.1) is 0 Å². The van der Waals surface area contributed by atoms with Crippen LogP contribution in [0.2, 0.25) is 0 Å². The molecule has 4 N–H and O–H groups in total. The molecule has 0 aromatic carbocycles. The van der Waals surface area contributed by atoms with Gasteiger partial charge < -0.3 is 20.7 Å². The van der Waals surface area contributed by atoms with Crippen LogP contribution in [0.5, 0.6) is 0 Å². The first kappa shape index (κ1) is 20.6. The molecule has 7 atom stereocenters. The lowest BCUT2D eigenvalue weighted by molar-refractivity contribution is -0.149. The lowest BCUT2D eigenvalue weighted by Crippen LogP contribution is -2.41. The predicted octanol–water partition coefficient (Wildman–Crippen LogP) is 0.872. The van der Waals surface area contributed by atoms with Crippen LogP contribution in [0.4, 0.5) is 0 Å². The molecule has 0 radical (unpaired) electrons. The van der Waals surface area contributed by atoms with Crippen molar-refractivity contribution in [2.24, 2.45) is 17.6 Å². The first-order valence-electron chi connectivity index (χ1n) is 9.21. The third-order valence-corrected chi connectivity index (χ3v) is 6.94. The molecule has 0 saturated heterocycles. The normalized spacial score (nSPS) is 40.1. The fourth-order valence-corrected chi connectivity index (χ4v) is 5.26. The Morgan fingerprint density at radius 2 is 2.12 bits per heavy atom. The van der Waals surface area contributed by atoms with Crippen LogP contribution in [-0.2, 0) is 20.3 Å². The van der Waals surface area contributed by atoms with Gasteiger partial charge in [0.2, 0.25) is 0 Å².